The third-order valence-electron chi connectivity index (χ3n) is 3.40. The van der Waals surface area contributed by atoms with Gasteiger partial charge in [-0.25, -0.2) is 0 Å². The van der Waals surface area contributed by atoms with E-state index in [1.54, 1.807) is 6.20 Å². The molecule has 0 aliphatic carbocycles. The molecule has 1 aromatic rings. The SMILES string of the molecule is COC(=O)C1(C)CC(c2ccccn2)CCN1. The van der Waals surface area contributed by atoms with Gasteiger partial charge in [0.25, 0.3) is 0 Å². The fourth-order valence-electron chi connectivity index (χ4n) is 2.44. The van der Waals surface area contributed by atoms with Crippen LogP contribution in [0.5, 0.6) is 0 Å². The highest BCUT2D eigenvalue weighted by Crippen LogP contribution is 2.32. The van der Waals surface area contributed by atoms with Crippen molar-refractivity contribution in [3.63, 3.8) is 0 Å². The van der Waals surface area contributed by atoms with Crippen molar-refractivity contribution in [2.45, 2.75) is 31.2 Å². The Kier molecular flexibility index (Phi) is 3.43. The van der Waals surface area contributed by atoms with Gasteiger partial charge in [0, 0.05) is 17.8 Å². The number of rotatable bonds is 2. The zero-order valence-corrected chi connectivity index (χ0v) is 10.3. The normalized spacial score (nSPS) is 28.7. The van der Waals surface area contributed by atoms with E-state index in [2.05, 4.69) is 10.3 Å². The molecule has 2 rings (SSSR count). The molecular weight excluding hydrogens is 216 g/mol. The van der Waals surface area contributed by atoms with Crippen LogP contribution in [0.15, 0.2) is 24.4 Å². The number of piperidine rings is 1. The fourth-order valence-corrected chi connectivity index (χ4v) is 2.44. The molecular formula is C13H18N2O2. The molecule has 0 spiro atoms. The molecule has 2 atom stereocenters. The van der Waals surface area contributed by atoms with Gasteiger partial charge < -0.3 is 10.1 Å². The Morgan fingerprint density at radius 2 is 2.41 bits per heavy atom. The Labute approximate surface area is 101 Å². The second kappa shape index (κ2) is 4.84. The Bertz CT molecular complexity index is 394. The van der Waals surface area contributed by atoms with Crippen molar-refractivity contribution in [2.24, 2.45) is 0 Å². The molecule has 0 aromatic carbocycles. The molecule has 1 fully saturated rings. The molecule has 1 aliphatic rings. The number of hydrogen-bond acceptors (Lipinski definition) is 4. The first-order chi connectivity index (χ1) is 8.15. The van der Waals surface area contributed by atoms with E-state index < -0.39 is 5.54 Å². The van der Waals surface area contributed by atoms with Crippen LogP contribution in [0.2, 0.25) is 0 Å². The topological polar surface area (TPSA) is 51.2 Å². The zero-order chi connectivity index (χ0) is 12.3. The number of ether oxygens (including phenoxy) is 1. The second-order valence-corrected chi connectivity index (χ2v) is 4.69. The van der Waals surface area contributed by atoms with Gasteiger partial charge in [0.15, 0.2) is 0 Å². The molecule has 2 unspecified atom stereocenters. The average Bonchev–Trinajstić information content (AvgIpc) is 2.39. The lowest BCUT2D eigenvalue weighted by Gasteiger charge is -2.36. The molecule has 0 amide bonds. The molecule has 1 aromatic heterocycles. The van der Waals surface area contributed by atoms with Crippen molar-refractivity contribution in [1.82, 2.24) is 10.3 Å². The van der Waals surface area contributed by atoms with Crippen LogP contribution in [-0.4, -0.2) is 30.1 Å². The van der Waals surface area contributed by atoms with E-state index in [4.69, 9.17) is 4.74 Å². The third kappa shape index (κ3) is 2.47. The maximum atomic E-state index is 11.8. The predicted molar refractivity (Wildman–Crippen MR) is 64.6 cm³/mol. The van der Waals surface area contributed by atoms with Crippen LogP contribution in [0.4, 0.5) is 0 Å². The molecule has 92 valence electrons. The van der Waals surface area contributed by atoms with Crippen LogP contribution in [-0.2, 0) is 9.53 Å². The molecule has 0 radical (unpaired) electrons. The largest absolute Gasteiger partial charge is 0.468 e. The molecule has 17 heavy (non-hydrogen) atoms. The van der Waals surface area contributed by atoms with Gasteiger partial charge in [-0.1, -0.05) is 6.07 Å². The van der Waals surface area contributed by atoms with Gasteiger partial charge >= 0.3 is 5.97 Å². The number of aromatic nitrogens is 1. The van der Waals surface area contributed by atoms with E-state index >= 15 is 0 Å². The van der Waals surface area contributed by atoms with Crippen LogP contribution in [0.3, 0.4) is 0 Å². The van der Waals surface area contributed by atoms with Crippen LogP contribution in [0.25, 0.3) is 0 Å². The van der Waals surface area contributed by atoms with Crippen LogP contribution in [0, 0.1) is 0 Å². The summed E-state index contributed by atoms with van der Waals surface area (Å²) in [5.74, 6) is 0.125. The van der Waals surface area contributed by atoms with Gasteiger partial charge in [0.1, 0.15) is 5.54 Å². The first-order valence-corrected chi connectivity index (χ1v) is 5.90. The molecule has 4 heteroatoms. The van der Waals surface area contributed by atoms with Crippen LogP contribution >= 0.6 is 0 Å². The average molecular weight is 234 g/mol. The minimum absolute atomic E-state index is 0.196. The summed E-state index contributed by atoms with van der Waals surface area (Å²) in [6, 6.07) is 5.91. The summed E-state index contributed by atoms with van der Waals surface area (Å²) < 4.78 is 4.86. The predicted octanol–water partition coefficient (Wildman–Crippen LogP) is 1.48. The lowest BCUT2D eigenvalue weighted by Crippen LogP contribution is -2.54. The molecule has 1 saturated heterocycles. The van der Waals surface area contributed by atoms with Gasteiger partial charge in [0.2, 0.25) is 0 Å². The van der Waals surface area contributed by atoms with Crippen molar-refractivity contribution in [2.75, 3.05) is 13.7 Å². The first-order valence-electron chi connectivity index (χ1n) is 5.90. The van der Waals surface area contributed by atoms with Crippen molar-refractivity contribution in [3.05, 3.63) is 30.1 Å². The summed E-state index contributed by atoms with van der Waals surface area (Å²) in [5, 5.41) is 3.24. The van der Waals surface area contributed by atoms with E-state index in [1.807, 2.05) is 25.1 Å². The zero-order valence-electron chi connectivity index (χ0n) is 10.3. The van der Waals surface area contributed by atoms with E-state index in [0.29, 0.717) is 5.92 Å². The minimum atomic E-state index is -0.588. The Morgan fingerprint density at radius 1 is 1.59 bits per heavy atom. The standard InChI is InChI=1S/C13H18N2O2/c1-13(12(16)17-2)9-10(6-8-15-13)11-5-3-4-7-14-11/h3-5,7,10,15H,6,8-9H2,1-2H3. The van der Waals surface area contributed by atoms with E-state index in [-0.39, 0.29) is 5.97 Å². The monoisotopic (exact) mass is 234 g/mol. The lowest BCUT2D eigenvalue weighted by atomic mass is 9.81. The Morgan fingerprint density at radius 3 is 3.06 bits per heavy atom. The Balaban J connectivity index is 2.15. The van der Waals surface area contributed by atoms with E-state index in [1.165, 1.54) is 7.11 Å². The van der Waals surface area contributed by atoms with Gasteiger partial charge in [0.05, 0.1) is 7.11 Å². The highest BCUT2D eigenvalue weighted by Gasteiger charge is 2.40. The number of carbonyl (C=O) groups is 1. The maximum Gasteiger partial charge on any atom is 0.325 e. The summed E-state index contributed by atoms with van der Waals surface area (Å²) >= 11 is 0. The summed E-state index contributed by atoms with van der Waals surface area (Å²) in [4.78, 5) is 16.1. The molecule has 1 aliphatic heterocycles. The smallest absolute Gasteiger partial charge is 0.325 e. The second-order valence-electron chi connectivity index (χ2n) is 4.69. The number of pyridine rings is 1. The number of carbonyl (C=O) groups excluding carboxylic acids is 1. The van der Waals surface area contributed by atoms with Crippen molar-refractivity contribution < 1.29 is 9.53 Å². The number of hydrogen-bond donors (Lipinski definition) is 1. The van der Waals surface area contributed by atoms with E-state index in [9.17, 15) is 4.79 Å². The van der Waals surface area contributed by atoms with Gasteiger partial charge in [-0.15, -0.1) is 0 Å². The first kappa shape index (κ1) is 12.0. The minimum Gasteiger partial charge on any atom is -0.468 e. The molecule has 0 bridgehead atoms. The van der Waals surface area contributed by atoms with Crippen LogP contribution < -0.4 is 5.32 Å². The quantitative estimate of drug-likeness (QED) is 0.787. The third-order valence-corrected chi connectivity index (χ3v) is 3.40. The molecule has 0 saturated carbocycles. The van der Waals surface area contributed by atoms with E-state index in [0.717, 1.165) is 25.1 Å². The van der Waals surface area contributed by atoms with Crippen molar-refractivity contribution in [3.8, 4) is 0 Å². The van der Waals surface area contributed by atoms with Gasteiger partial charge in [-0.05, 0) is 38.4 Å². The summed E-state index contributed by atoms with van der Waals surface area (Å²) in [6.45, 7) is 2.71. The number of nitrogens with zero attached hydrogens (tertiary/aromatic N) is 1. The van der Waals surface area contributed by atoms with Gasteiger partial charge in [-0.2, -0.15) is 0 Å². The summed E-state index contributed by atoms with van der Waals surface area (Å²) in [7, 11) is 1.43. The highest BCUT2D eigenvalue weighted by molar-refractivity contribution is 5.80. The molecule has 4 nitrogen and oxygen atoms in total. The van der Waals surface area contributed by atoms with Crippen LogP contribution in [0.1, 0.15) is 31.4 Å². The van der Waals surface area contributed by atoms with Crippen molar-refractivity contribution in [1.29, 1.82) is 0 Å². The number of esters is 1. The molecule has 2 heterocycles. The summed E-state index contributed by atoms with van der Waals surface area (Å²) in [5.41, 5.74) is 0.471. The maximum absolute atomic E-state index is 11.8. The number of nitrogens with one attached hydrogen (secondary N) is 1. The highest BCUT2D eigenvalue weighted by atomic mass is 16.5. The number of methoxy groups -OCH3 is 1. The molecule has 1 N–H and O–H groups in total. The fraction of sp³-hybridized carbons (Fsp3) is 0.538. The summed E-state index contributed by atoms with van der Waals surface area (Å²) in [6.07, 6.45) is 3.53. The van der Waals surface area contributed by atoms with Gasteiger partial charge in [-0.3, -0.25) is 9.78 Å². The lowest BCUT2D eigenvalue weighted by molar-refractivity contribution is -0.149. The Hall–Kier alpha value is -1.42. The van der Waals surface area contributed by atoms with Crippen molar-refractivity contribution >= 4 is 5.97 Å².